The summed E-state index contributed by atoms with van der Waals surface area (Å²) < 4.78 is 0. The van der Waals surface area contributed by atoms with Gasteiger partial charge in [-0.15, -0.1) is 0 Å². The van der Waals surface area contributed by atoms with Gasteiger partial charge >= 0.3 is 0 Å². The van der Waals surface area contributed by atoms with Gasteiger partial charge in [0.2, 0.25) is 0 Å². The van der Waals surface area contributed by atoms with Gasteiger partial charge in [-0.2, -0.15) is 0 Å². The predicted octanol–water partition coefficient (Wildman–Crippen LogP) is 15.1. The van der Waals surface area contributed by atoms with Crippen molar-refractivity contribution >= 4 is 43.2 Å². The smallest absolute Gasteiger partial charge is 0.0788 e. The third-order valence-electron chi connectivity index (χ3n) is 12.7. The van der Waals surface area contributed by atoms with Crippen LogP contribution in [0.4, 0.5) is 0 Å². The minimum absolute atomic E-state index is 0.497. The van der Waals surface area contributed by atoms with Crippen LogP contribution in [0.1, 0.15) is 22.3 Å². The Labute approximate surface area is 343 Å². The molecule has 0 saturated carbocycles. The molecule has 0 fully saturated rings. The molecule has 1 nitrogen and oxygen atoms in total. The fraction of sp³-hybridized carbons (Fsp3) is 0.0172. The summed E-state index contributed by atoms with van der Waals surface area (Å²) in [6.07, 6.45) is 0. The number of rotatable bonds is 5. The molecule has 1 aliphatic carbocycles. The van der Waals surface area contributed by atoms with Crippen LogP contribution in [-0.2, 0) is 5.41 Å². The van der Waals surface area contributed by atoms with Crippen molar-refractivity contribution in [1.82, 2.24) is 4.98 Å². The standard InChI is InChI=1S/C58H37N/c1-4-18-38(19-5-1)55-45-26-10-12-28-47(45)56(48-29-13-11-27-46(48)55)39-32-34-40(35-33-39)57-51-37-53-50(36-49(51)44-25-15-17-31-54(44)59-57)43-24-14-16-30-52(43)58(53,41-20-6-2-7-21-41)42-22-8-3-9-23-42/h1-37H. The highest BCUT2D eigenvalue weighted by atomic mass is 14.7. The van der Waals surface area contributed by atoms with E-state index < -0.39 is 5.41 Å². The summed E-state index contributed by atoms with van der Waals surface area (Å²) >= 11 is 0. The zero-order valence-electron chi connectivity index (χ0n) is 32.3. The molecule has 1 heterocycles. The van der Waals surface area contributed by atoms with Gasteiger partial charge in [0.1, 0.15) is 0 Å². The van der Waals surface area contributed by atoms with Gasteiger partial charge in [-0.1, -0.05) is 206 Å². The molecule has 0 bridgehead atoms. The van der Waals surface area contributed by atoms with E-state index in [9.17, 15) is 0 Å². The van der Waals surface area contributed by atoms with Gasteiger partial charge in [0.15, 0.2) is 0 Å². The lowest BCUT2D eigenvalue weighted by molar-refractivity contribution is 0.769. The lowest BCUT2D eigenvalue weighted by Gasteiger charge is -2.34. The molecule has 11 aromatic rings. The number of nitrogens with zero attached hydrogens (tertiary/aromatic N) is 1. The lowest BCUT2D eigenvalue weighted by Crippen LogP contribution is -2.28. The molecule has 1 aliphatic rings. The highest BCUT2D eigenvalue weighted by molar-refractivity contribution is 6.21. The highest BCUT2D eigenvalue weighted by Crippen LogP contribution is 2.57. The molecule has 0 radical (unpaired) electrons. The first-order chi connectivity index (χ1) is 29.3. The van der Waals surface area contributed by atoms with Crippen molar-refractivity contribution in [3.05, 3.63) is 247 Å². The third kappa shape index (κ3) is 4.95. The summed E-state index contributed by atoms with van der Waals surface area (Å²) in [5, 5.41) is 8.55. The number of hydrogen-bond donors (Lipinski definition) is 0. The maximum Gasteiger partial charge on any atom is 0.0788 e. The first kappa shape index (κ1) is 33.5. The van der Waals surface area contributed by atoms with Crippen LogP contribution in [-0.4, -0.2) is 4.98 Å². The monoisotopic (exact) mass is 747 g/mol. The van der Waals surface area contributed by atoms with Gasteiger partial charge in [0.25, 0.3) is 0 Å². The molecule has 0 saturated heterocycles. The second-order valence-corrected chi connectivity index (χ2v) is 15.7. The van der Waals surface area contributed by atoms with E-state index in [0.29, 0.717) is 0 Å². The molecule has 59 heavy (non-hydrogen) atoms. The molecule has 0 aliphatic heterocycles. The van der Waals surface area contributed by atoms with Gasteiger partial charge in [-0.05, 0) is 101 Å². The van der Waals surface area contributed by atoms with Crippen molar-refractivity contribution in [2.24, 2.45) is 0 Å². The summed E-state index contributed by atoms with van der Waals surface area (Å²) in [5.41, 5.74) is 15.2. The molecule has 0 N–H and O–H groups in total. The van der Waals surface area contributed by atoms with Gasteiger partial charge < -0.3 is 0 Å². The summed E-state index contributed by atoms with van der Waals surface area (Å²) in [6, 6.07) is 82.3. The molecule has 0 spiro atoms. The molecule has 274 valence electrons. The van der Waals surface area contributed by atoms with Gasteiger partial charge in [0, 0.05) is 16.3 Å². The highest BCUT2D eigenvalue weighted by Gasteiger charge is 2.46. The normalized spacial score (nSPS) is 12.9. The van der Waals surface area contributed by atoms with E-state index in [4.69, 9.17) is 4.98 Å². The van der Waals surface area contributed by atoms with E-state index in [1.807, 2.05) is 0 Å². The first-order valence-corrected chi connectivity index (χ1v) is 20.5. The van der Waals surface area contributed by atoms with E-state index in [-0.39, 0.29) is 0 Å². The number of fused-ring (bicyclic) bond motifs is 8. The van der Waals surface area contributed by atoms with E-state index in [0.717, 1.165) is 27.5 Å². The Hall–Kier alpha value is -7.61. The second kappa shape index (κ2) is 13.2. The quantitative estimate of drug-likeness (QED) is 0.126. The van der Waals surface area contributed by atoms with Gasteiger partial charge in [0.05, 0.1) is 16.6 Å². The van der Waals surface area contributed by atoms with E-state index in [1.54, 1.807) is 0 Å². The van der Waals surface area contributed by atoms with Crippen LogP contribution < -0.4 is 0 Å². The Morgan fingerprint density at radius 2 is 0.746 bits per heavy atom. The second-order valence-electron chi connectivity index (χ2n) is 15.7. The molecule has 0 atom stereocenters. The zero-order chi connectivity index (χ0) is 38.9. The number of pyridine rings is 1. The minimum Gasteiger partial charge on any atom is -0.247 e. The van der Waals surface area contributed by atoms with Crippen LogP contribution in [0.25, 0.3) is 87.9 Å². The number of hydrogen-bond acceptors (Lipinski definition) is 1. The predicted molar refractivity (Wildman–Crippen MR) is 248 cm³/mol. The molecule has 1 aromatic heterocycles. The average Bonchev–Trinajstić information content (AvgIpc) is 3.61. The molecule has 0 amide bonds. The molecule has 1 heteroatoms. The SMILES string of the molecule is c1ccc(-c2c3ccccc3c(-c3ccc(-c4nc5ccccc5c5cc6c(cc45)C(c4ccccc4)(c4ccccc4)c4ccccc4-6)cc3)c3ccccc23)cc1. The molecule has 12 rings (SSSR count). The largest absolute Gasteiger partial charge is 0.247 e. The molecular weight excluding hydrogens is 711 g/mol. The van der Waals surface area contributed by atoms with Crippen LogP contribution in [0.3, 0.4) is 0 Å². The Bertz CT molecular complexity index is 3310. The molecule has 0 unspecified atom stereocenters. The minimum atomic E-state index is -0.497. The summed E-state index contributed by atoms with van der Waals surface area (Å²) in [6.45, 7) is 0. The zero-order valence-corrected chi connectivity index (χ0v) is 32.3. The van der Waals surface area contributed by atoms with Crippen molar-refractivity contribution in [3.8, 4) is 44.6 Å². The average molecular weight is 748 g/mol. The third-order valence-corrected chi connectivity index (χ3v) is 12.7. The van der Waals surface area contributed by atoms with Crippen LogP contribution in [0.2, 0.25) is 0 Å². The van der Waals surface area contributed by atoms with Crippen LogP contribution in [0.15, 0.2) is 224 Å². The Kier molecular flexibility index (Phi) is 7.52. The topological polar surface area (TPSA) is 12.9 Å². The Balaban J connectivity index is 1.11. The van der Waals surface area contributed by atoms with Crippen LogP contribution in [0.5, 0.6) is 0 Å². The first-order valence-electron chi connectivity index (χ1n) is 20.5. The van der Waals surface area contributed by atoms with Crippen molar-refractivity contribution in [3.63, 3.8) is 0 Å². The van der Waals surface area contributed by atoms with E-state index >= 15 is 0 Å². The molecule has 10 aromatic carbocycles. The summed E-state index contributed by atoms with van der Waals surface area (Å²) in [7, 11) is 0. The van der Waals surface area contributed by atoms with Crippen molar-refractivity contribution in [2.75, 3.05) is 0 Å². The maximum absolute atomic E-state index is 5.49. The fourth-order valence-corrected chi connectivity index (χ4v) is 10.3. The number of aromatic nitrogens is 1. The fourth-order valence-electron chi connectivity index (χ4n) is 10.3. The van der Waals surface area contributed by atoms with Crippen molar-refractivity contribution < 1.29 is 0 Å². The van der Waals surface area contributed by atoms with Gasteiger partial charge in [-0.25, -0.2) is 4.98 Å². The summed E-state index contributed by atoms with van der Waals surface area (Å²) in [4.78, 5) is 5.49. The maximum atomic E-state index is 5.49. The molecular formula is C58H37N. The van der Waals surface area contributed by atoms with Gasteiger partial charge in [-0.3, -0.25) is 0 Å². The number of para-hydroxylation sites is 1. The van der Waals surface area contributed by atoms with Crippen LogP contribution >= 0.6 is 0 Å². The van der Waals surface area contributed by atoms with E-state index in [1.165, 1.54) is 82.6 Å². The summed E-state index contributed by atoms with van der Waals surface area (Å²) in [5.74, 6) is 0. The van der Waals surface area contributed by atoms with Crippen LogP contribution in [0, 0.1) is 0 Å². The lowest BCUT2D eigenvalue weighted by atomic mass is 9.67. The number of benzene rings is 10. The van der Waals surface area contributed by atoms with Crippen molar-refractivity contribution in [2.45, 2.75) is 5.41 Å². The Morgan fingerprint density at radius 1 is 0.288 bits per heavy atom. The van der Waals surface area contributed by atoms with Crippen molar-refractivity contribution in [1.29, 1.82) is 0 Å². The Morgan fingerprint density at radius 3 is 1.34 bits per heavy atom. The van der Waals surface area contributed by atoms with E-state index in [2.05, 4.69) is 224 Å².